The van der Waals surface area contributed by atoms with E-state index in [4.69, 9.17) is 0 Å². The van der Waals surface area contributed by atoms with Gasteiger partial charge in [-0.1, -0.05) is 38.8 Å². The summed E-state index contributed by atoms with van der Waals surface area (Å²) >= 11 is 0. The maximum absolute atomic E-state index is 12.4. The molecule has 0 saturated heterocycles. The van der Waals surface area contributed by atoms with Crippen LogP contribution in [0.25, 0.3) is 0 Å². The highest BCUT2D eigenvalue weighted by Gasteiger charge is 2.27. The van der Waals surface area contributed by atoms with E-state index in [1.165, 1.54) is 12.8 Å². The van der Waals surface area contributed by atoms with Crippen molar-refractivity contribution >= 4 is 10.0 Å². The highest BCUT2D eigenvalue weighted by atomic mass is 32.2. The topological polar surface area (TPSA) is 58.2 Å². The molecule has 0 heterocycles. The van der Waals surface area contributed by atoms with E-state index >= 15 is 0 Å². The Labute approximate surface area is 128 Å². The maximum atomic E-state index is 12.4. The molecule has 1 atom stereocenters. The molecule has 1 unspecified atom stereocenters. The number of rotatable bonds is 9. The molecular formula is C16H26N2O2S. The van der Waals surface area contributed by atoms with Gasteiger partial charge in [-0.15, -0.1) is 0 Å². The van der Waals surface area contributed by atoms with Crippen molar-refractivity contribution in [3.63, 3.8) is 0 Å². The van der Waals surface area contributed by atoms with Gasteiger partial charge in [-0.2, -0.15) is 0 Å². The summed E-state index contributed by atoms with van der Waals surface area (Å²) in [6, 6.07) is 7.19. The molecular weight excluding hydrogens is 284 g/mol. The molecule has 118 valence electrons. The lowest BCUT2D eigenvalue weighted by Gasteiger charge is -2.17. The van der Waals surface area contributed by atoms with Crippen molar-refractivity contribution in [1.82, 2.24) is 10.0 Å². The Balaban J connectivity index is 2.00. The fourth-order valence-electron chi connectivity index (χ4n) is 2.40. The van der Waals surface area contributed by atoms with Gasteiger partial charge in [-0.25, -0.2) is 13.1 Å². The highest BCUT2D eigenvalue weighted by molar-refractivity contribution is 7.89. The van der Waals surface area contributed by atoms with E-state index in [-0.39, 0.29) is 6.04 Å². The van der Waals surface area contributed by atoms with E-state index < -0.39 is 10.0 Å². The molecule has 0 amide bonds. The minimum absolute atomic E-state index is 0.0592. The molecule has 0 spiro atoms. The van der Waals surface area contributed by atoms with Crippen molar-refractivity contribution in [2.75, 3.05) is 6.54 Å². The molecule has 2 N–H and O–H groups in total. The molecule has 0 aromatic heterocycles. The van der Waals surface area contributed by atoms with Gasteiger partial charge in [0.15, 0.2) is 0 Å². The highest BCUT2D eigenvalue weighted by Crippen LogP contribution is 2.34. The summed E-state index contributed by atoms with van der Waals surface area (Å²) in [6.45, 7) is 5.76. The first-order chi connectivity index (χ1) is 10.0. The average Bonchev–Trinajstić information content (AvgIpc) is 3.28. The van der Waals surface area contributed by atoms with Crippen molar-refractivity contribution in [2.45, 2.75) is 57.0 Å². The van der Waals surface area contributed by atoms with Crippen LogP contribution in [0.5, 0.6) is 0 Å². The molecule has 1 aromatic carbocycles. The monoisotopic (exact) mass is 310 g/mol. The molecule has 0 aliphatic heterocycles. The second-order valence-electron chi connectivity index (χ2n) is 5.83. The van der Waals surface area contributed by atoms with Gasteiger partial charge in [-0.05, 0) is 43.0 Å². The van der Waals surface area contributed by atoms with Crippen molar-refractivity contribution in [3.05, 3.63) is 29.8 Å². The van der Waals surface area contributed by atoms with Crippen LogP contribution in [0, 0.1) is 5.92 Å². The van der Waals surface area contributed by atoms with Crippen molar-refractivity contribution in [3.8, 4) is 0 Å². The van der Waals surface area contributed by atoms with Gasteiger partial charge in [0.1, 0.15) is 0 Å². The molecule has 4 nitrogen and oxygen atoms in total. The molecule has 1 aliphatic rings. The van der Waals surface area contributed by atoms with Crippen molar-refractivity contribution in [1.29, 1.82) is 0 Å². The summed E-state index contributed by atoms with van der Waals surface area (Å²) < 4.78 is 27.7. The smallest absolute Gasteiger partial charge is 0.240 e. The summed E-state index contributed by atoms with van der Waals surface area (Å²) in [5.74, 6) is 0.722. The van der Waals surface area contributed by atoms with Gasteiger partial charge >= 0.3 is 0 Å². The number of hydrogen-bond acceptors (Lipinski definition) is 3. The number of hydrogen-bond donors (Lipinski definition) is 2. The van der Waals surface area contributed by atoms with E-state index in [1.807, 2.05) is 26.0 Å². The molecule has 1 aliphatic carbocycles. The third kappa shape index (κ3) is 5.09. The second-order valence-corrected chi connectivity index (χ2v) is 7.54. The van der Waals surface area contributed by atoms with E-state index in [2.05, 4.69) is 10.0 Å². The molecule has 0 bridgehead atoms. The minimum Gasteiger partial charge on any atom is -0.313 e. The zero-order valence-electron chi connectivity index (χ0n) is 12.9. The van der Waals surface area contributed by atoms with Gasteiger partial charge < -0.3 is 5.32 Å². The average molecular weight is 310 g/mol. The van der Waals surface area contributed by atoms with Crippen LogP contribution >= 0.6 is 0 Å². The predicted octanol–water partition coefficient (Wildman–Crippen LogP) is 2.65. The lowest BCUT2D eigenvalue weighted by Crippen LogP contribution is -2.34. The SMILES string of the molecule is CCNCc1ccc(S(=O)(=O)NC(CC)CC2CC2)cc1. The molecule has 21 heavy (non-hydrogen) atoms. The van der Waals surface area contributed by atoms with Gasteiger partial charge in [0.2, 0.25) is 10.0 Å². The normalized spacial score (nSPS) is 16.9. The summed E-state index contributed by atoms with van der Waals surface area (Å²) in [5, 5.41) is 3.23. The van der Waals surface area contributed by atoms with Crippen LogP contribution in [0.15, 0.2) is 29.2 Å². The van der Waals surface area contributed by atoms with Crippen LogP contribution in [0.2, 0.25) is 0 Å². The van der Waals surface area contributed by atoms with E-state index in [9.17, 15) is 8.42 Å². The van der Waals surface area contributed by atoms with E-state index in [1.54, 1.807) is 12.1 Å². The van der Waals surface area contributed by atoms with E-state index in [0.717, 1.165) is 37.4 Å². The number of nitrogens with one attached hydrogen (secondary N) is 2. The number of benzene rings is 1. The molecule has 1 fully saturated rings. The summed E-state index contributed by atoms with van der Waals surface area (Å²) in [6.07, 6.45) is 4.30. The van der Waals surface area contributed by atoms with E-state index in [0.29, 0.717) is 4.90 Å². The first-order valence-electron chi connectivity index (χ1n) is 7.87. The van der Waals surface area contributed by atoms with Gasteiger partial charge in [0.25, 0.3) is 0 Å². The third-order valence-corrected chi connectivity index (χ3v) is 5.48. The third-order valence-electron chi connectivity index (χ3n) is 3.94. The molecule has 2 rings (SSSR count). The molecule has 0 radical (unpaired) electrons. The first-order valence-corrected chi connectivity index (χ1v) is 9.35. The predicted molar refractivity (Wildman–Crippen MR) is 85.6 cm³/mol. The van der Waals surface area contributed by atoms with Crippen LogP contribution in [-0.4, -0.2) is 21.0 Å². The first kappa shape index (κ1) is 16.5. The minimum atomic E-state index is -3.40. The Bertz CT molecular complexity index is 536. The largest absolute Gasteiger partial charge is 0.313 e. The molecule has 1 aromatic rings. The second kappa shape index (κ2) is 7.38. The fourth-order valence-corrected chi connectivity index (χ4v) is 3.73. The standard InChI is InChI=1S/C16H26N2O2S/c1-3-15(11-13-5-6-13)18-21(19,20)16-9-7-14(8-10-16)12-17-4-2/h7-10,13,15,17-18H,3-6,11-12H2,1-2H3. The van der Waals surface area contributed by atoms with Crippen LogP contribution in [0.3, 0.4) is 0 Å². The van der Waals surface area contributed by atoms with Crippen LogP contribution in [0.4, 0.5) is 0 Å². The zero-order valence-corrected chi connectivity index (χ0v) is 13.7. The van der Waals surface area contributed by atoms with Gasteiger partial charge in [-0.3, -0.25) is 0 Å². The Morgan fingerprint density at radius 2 is 1.86 bits per heavy atom. The lowest BCUT2D eigenvalue weighted by atomic mass is 10.1. The zero-order chi connectivity index (χ0) is 15.3. The maximum Gasteiger partial charge on any atom is 0.240 e. The van der Waals surface area contributed by atoms with Crippen molar-refractivity contribution < 1.29 is 8.42 Å². The Kier molecular flexibility index (Phi) is 5.79. The summed E-state index contributed by atoms with van der Waals surface area (Å²) in [7, 11) is -3.40. The Morgan fingerprint density at radius 3 is 2.38 bits per heavy atom. The Hall–Kier alpha value is -0.910. The van der Waals surface area contributed by atoms with Crippen molar-refractivity contribution in [2.24, 2.45) is 5.92 Å². The van der Waals surface area contributed by atoms with Gasteiger partial charge in [0.05, 0.1) is 4.90 Å². The summed E-state index contributed by atoms with van der Waals surface area (Å²) in [4.78, 5) is 0.358. The number of sulfonamides is 1. The Morgan fingerprint density at radius 1 is 1.19 bits per heavy atom. The lowest BCUT2D eigenvalue weighted by molar-refractivity contribution is 0.495. The fraction of sp³-hybridized carbons (Fsp3) is 0.625. The quantitative estimate of drug-likeness (QED) is 0.737. The summed E-state index contributed by atoms with van der Waals surface area (Å²) in [5.41, 5.74) is 1.10. The van der Waals surface area contributed by atoms with Gasteiger partial charge in [0, 0.05) is 12.6 Å². The molecule has 1 saturated carbocycles. The molecule has 5 heteroatoms. The van der Waals surface area contributed by atoms with Crippen LogP contribution < -0.4 is 10.0 Å². The van der Waals surface area contributed by atoms with Crippen LogP contribution in [-0.2, 0) is 16.6 Å². The van der Waals surface area contributed by atoms with Crippen LogP contribution in [0.1, 0.15) is 45.1 Å².